The van der Waals surface area contributed by atoms with Gasteiger partial charge in [-0.25, -0.2) is 0 Å². The van der Waals surface area contributed by atoms with Crippen molar-refractivity contribution in [3.63, 3.8) is 0 Å². The zero-order chi connectivity index (χ0) is 14.0. The van der Waals surface area contributed by atoms with Crippen molar-refractivity contribution in [1.29, 1.82) is 0 Å². The van der Waals surface area contributed by atoms with E-state index in [1.54, 1.807) is 0 Å². The summed E-state index contributed by atoms with van der Waals surface area (Å²) in [6, 6.07) is 0. The summed E-state index contributed by atoms with van der Waals surface area (Å²) >= 11 is 0. The molecule has 0 bridgehead atoms. The van der Waals surface area contributed by atoms with Crippen LogP contribution >= 0.6 is 0 Å². The van der Waals surface area contributed by atoms with Gasteiger partial charge in [-0.3, -0.25) is 0 Å². The van der Waals surface area contributed by atoms with E-state index in [0.717, 1.165) is 18.9 Å². The third-order valence-electron chi connectivity index (χ3n) is 5.23. The highest BCUT2D eigenvalue weighted by Gasteiger charge is 2.38. The van der Waals surface area contributed by atoms with Crippen LogP contribution in [0.1, 0.15) is 80.6 Å². The summed E-state index contributed by atoms with van der Waals surface area (Å²) in [7, 11) is 0. The van der Waals surface area contributed by atoms with E-state index in [2.05, 4.69) is 48.5 Å². The van der Waals surface area contributed by atoms with Crippen molar-refractivity contribution in [1.82, 2.24) is 0 Å². The molecular formula is C17H34O. The Labute approximate surface area is 115 Å². The molecule has 0 saturated heterocycles. The van der Waals surface area contributed by atoms with Crippen LogP contribution in [0.15, 0.2) is 0 Å². The molecule has 1 aliphatic carbocycles. The van der Waals surface area contributed by atoms with Gasteiger partial charge in [0.2, 0.25) is 0 Å². The molecule has 0 spiro atoms. The van der Waals surface area contributed by atoms with Gasteiger partial charge in [0.1, 0.15) is 0 Å². The van der Waals surface area contributed by atoms with Gasteiger partial charge < -0.3 is 4.74 Å². The second-order valence-electron chi connectivity index (χ2n) is 8.19. The molecule has 18 heavy (non-hydrogen) atoms. The van der Waals surface area contributed by atoms with Crippen LogP contribution in [-0.2, 0) is 4.74 Å². The van der Waals surface area contributed by atoms with Crippen molar-refractivity contribution in [3.8, 4) is 0 Å². The summed E-state index contributed by atoms with van der Waals surface area (Å²) in [5.74, 6) is 0.812. The summed E-state index contributed by atoms with van der Waals surface area (Å²) in [6.07, 6.45) is 6.44. The monoisotopic (exact) mass is 254 g/mol. The molecule has 1 saturated carbocycles. The molecule has 2 atom stereocenters. The molecular weight excluding hydrogens is 220 g/mol. The number of rotatable bonds is 6. The van der Waals surface area contributed by atoms with Crippen molar-refractivity contribution in [2.24, 2.45) is 16.7 Å². The van der Waals surface area contributed by atoms with Crippen LogP contribution in [0.25, 0.3) is 0 Å². The minimum Gasteiger partial charge on any atom is -0.375 e. The Morgan fingerprint density at radius 1 is 1.22 bits per heavy atom. The Morgan fingerprint density at radius 2 is 1.83 bits per heavy atom. The van der Waals surface area contributed by atoms with E-state index in [0.29, 0.717) is 10.8 Å². The van der Waals surface area contributed by atoms with E-state index in [4.69, 9.17) is 4.74 Å². The Morgan fingerprint density at radius 3 is 2.28 bits per heavy atom. The quantitative estimate of drug-likeness (QED) is 0.613. The number of hydrogen-bond acceptors (Lipinski definition) is 1. The molecule has 108 valence electrons. The topological polar surface area (TPSA) is 9.23 Å². The molecule has 0 heterocycles. The fourth-order valence-electron chi connectivity index (χ4n) is 3.31. The van der Waals surface area contributed by atoms with E-state index in [1.807, 2.05) is 0 Å². The Bertz CT molecular complexity index is 267. The van der Waals surface area contributed by atoms with Crippen molar-refractivity contribution in [2.75, 3.05) is 6.61 Å². The van der Waals surface area contributed by atoms with E-state index < -0.39 is 0 Å². The second kappa shape index (κ2) is 5.53. The van der Waals surface area contributed by atoms with Crippen LogP contribution in [0.3, 0.4) is 0 Å². The van der Waals surface area contributed by atoms with E-state index in [-0.39, 0.29) is 5.60 Å². The predicted octanol–water partition coefficient (Wildman–Crippen LogP) is 5.43. The van der Waals surface area contributed by atoms with Gasteiger partial charge in [-0.15, -0.1) is 0 Å². The van der Waals surface area contributed by atoms with Crippen LogP contribution in [-0.4, -0.2) is 12.2 Å². The molecule has 2 unspecified atom stereocenters. The molecule has 0 aliphatic heterocycles. The van der Waals surface area contributed by atoms with Crippen molar-refractivity contribution in [2.45, 2.75) is 86.2 Å². The first kappa shape index (κ1) is 16.0. The highest BCUT2D eigenvalue weighted by molar-refractivity contribution is 4.87. The highest BCUT2D eigenvalue weighted by atomic mass is 16.5. The van der Waals surface area contributed by atoms with Crippen molar-refractivity contribution < 1.29 is 4.74 Å². The van der Waals surface area contributed by atoms with Gasteiger partial charge in [0.15, 0.2) is 0 Å². The summed E-state index contributed by atoms with van der Waals surface area (Å²) < 4.78 is 6.32. The molecule has 0 N–H and O–H groups in total. The summed E-state index contributed by atoms with van der Waals surface area (Å²) in [5.41, 5.74) is 0.796. The zero-order valence-electron chi connectivity index (χ0n) is 13.7. The second-order valence-corrected chi connectivity index (χ2v) is 8.19. The predicted molar refractivity (Wildman–Crippen MR) is 79.8 cm³/mol. The van der Waals surface area contributed by atoms with E-state index in [9.17, 15) is 0 Å². The maximum atomic E-state index is 6.32. The Kier molecular flexibility index (Phi) is 4.92. The number of hydrogen-bond donors (Lipinski definition) is 0. The summed E-state index contributed by atoms with van der Waals surface area (Å²) in [6.45, 7) is 17.2. The fourth-order valence-corrected chi connectivity index (χ4v) is 3.31. The normalized spacial score (nSPS) is 29.8. The average Bonchev–Trinajstić information content (AvgIpc) is 2.56. The third kappa shape index (κ3) is 4.26. The standard InChI is InChI=1S/C17H34O/c1-8-15(3,4)12-16(5,6)18-13-17(7)11-9-10-14(17)2/h14H,8-13H2,1-7H3. The minimum absolute atomic E-state index is 0.00479. The van der Waals surface area contributed by atoms with Gasteiger partial charge in [-0.05, 0) is 43.4 Å². The maximum Gasteiger partial charge on any atom is 0.0631 e. The van der Waals surface area contributed by atoms with Gasteiger partial charge in [-0.1, -0.05) is 53.9 Å². The summed E-state index contributed by atoms with van der Waals surface area (Å²) in [4.78, 5) is 0. The molecule has 1 heteroatoms. The lowest BCUT2D eigenvalue weighted by atomic mass is 9.79. The molecule has 1 rings (SSSR count). The smallest absolute Gasteiger partial charge is 0.0631 e. The SMILES string of the molecule is CCC(C)(C)CC(C)(C)OCC1(C)CCCC1C. The largest absolute Gasteiger partial charge is 0.375 e. The first-order valence-corrected chi connectivity index (χ1v) is 7.74. The average molecular weight is 254 g/mol. The van der Waals surface area contributed by atoms with Crippen LogP contribution in [0.4, 0.5) is 0 Å². The zero-order valence-corrected chi connectivity index (χ0v) is 13.7. The first-order chi connectivity index (χ1) is 8.10. The van der Waals surface area contributed by atoms with Crippen LogP contribution in [0.2, 0.25) is 0 Å². The first-order valence-electron chi connectivity index (χ1n) is 7.74. The van der Waals surface area contributed by atoms with E-state index >= 15 is 0 Å². The third-order valence-corrected chi connectivity index (χ3v) is 5.23. The number of ether oxygens (including phenoxy) is 1. The summed E-state index contributed by atoms with van der Waals surface area (Å²) in [5, 5.41) is 0. The maximum absolute atomic E-state index is 6.32. The van der Waals surface area contributed by atoms with E-state index in [1.165, 1.54) is 25.7 Å². The lowest BCUT2D eigenvalue weighted by molar-refractivity contribution is -0.0866. The van der Waals surface area contributed by atoms with Crippen LogP contribution in [0, 0.1) is 16.7 Å². The van der Waals surface area contributed by atoms with Crippen molar-refractivity contribution in [3.05, 3.63) is 0 Å². The molecule has 0 radical (unpaired) electrons. The molecule has 0 aromatic carbocycles. The van der Waals surface area contributed by atoms with Gasteiger partial charge >= 0.3 is 0 Å². The van der Waals surface area contributed by atoms with Gasteiger partial charge in [-0.2, -0.15) is 0 Å². The Hall–Kier alpha value is -0.0400. The lowest BCUT2D eigenvalue weighted by Gasteiger charge is -2.38. The fraction of sp³-hybridized carbons (Fsp3) is 1.00. The van der Waals surface area contributed by atoms with Crippen LogP contribution < -0.4 is 0 Å². The Balaban J connectivity index is 2.51. The molecule has 1 aliphatic rings. The molecule has 0 aromatic heterocycles. The highest BCUT2D eigenvalue weighted by Crippen LogP contribution is 2.44. The lowest BCUT2D eigenvalue weighted by Crippen LogP contribution is -2.36. The van der Waals surface area contributed by atoms with Crippen molar-refractivity contribution >= 4 is 0 Å². The van der Waals surface area contributed by atoms with Crippen LogP contribution in [0.5, 0.6) is 0 Å². The van der Waals surface area contributed by atoms with Gasteiger partial charge in [0.25, 0.3) is 0 Å². The van der Waals surface area contributed by atoms with Gasteiger partial charge in [0.05, 0.1) is 12.2 Å². The van der Waals surface area contributed by atoms with Gasteiger partial charge in [0, 0.05) is 0 Å². The molecule has 0 amide bonds. The molecule has 1 nitrogen and oxygen atoms in total. The molecule has 1 fully saturated rings. The molecule has 0 aromatic rings. The minimum atomic E-state index is 0.00479.